The van der Waals surface area contributed by atoms with Gasteiger partial charge in [-0.05, 0) is 36.1 Å². The van der Waals surface area contributed by atoms with Crippen LogP contribution in [0.15, 0.2) is 91.0 Å². The molecule has 3 aromatic carbocycles. The number of likely N-dealkylation sites (tertiary alicyclic amines) is 1. The fraction of sp³-hybridized carbons (Fsp3) is 0.276. The van der Waals surface area contributed by atoms with Gasteiger partial charge in [-0.1, -0.05) is 96.9 Å². The fourth-order valence-corrected chi connectivity index (χ4v) is 4.74. The number of aliphatic carboxylic acids is 1. The zero-order chi connectivity index (χ0) is 22.2. The summed E-state index contributed by atoms with van der Waals surface area (Å²) in [5, 5.41) is 9.35. The number of carboxylic acid groups (broad SMARTS) is 1. The maximum Gasteiger partial charge on any atom is 0.307 e. The summed E-state index contributed by atoms with van der Waals surface area (Å²) in [4.78, 5) is 13.5. The minimum absolute atomic E-state index is 0.275. The van der Waals surface area contributed by atoms with Gasteiger partial charge >= 0.3 is 5.97 Å². The molecule has 0 bridgehead atoms. The molecule has 3 nitrogen and oxygen atoms in total. The van der Waals surface area contributed by atoms with Crippen LogP contribution in [0.25, 0.3) is 0 Å². The van der Waals surface area contributed by atoms with Gasteiger partial charge in [0.15, 0.2) is 0 Å². The Kier molecular flexibility index (Phi) is 7.04. The van der Waals surface area contributed by atoms with Crippen LogP contribution in [0.1, 0.15) is 36.0 Å². The number of hydrogen-bond donors (Lipinski definition) is 1. The Hall–Kier alpha value is -3.35. The maximum absolute atomic E-state index is 11.4. The van der Waals surface area contributed by atoms with E-state index in [9.17, 15) is 9.90 Å². The molecule has 0 amide bonds. The summed E-state index contributed by atoms with van der Waals surface area (Å²) in [6.07, 6.45) is 2.33. The normalized spacial score (nSPS) is 16.7. The molecule has 1 unspecified atom stereocenters. The van der Waals surface area contributed by atoms with Crippen molar-refractivity contribution in [2.75, 3.05) is 19.6 Å². The highest BCUT2D eigenvalue weighted by Gasteiger charge is 2.35. The second-order valence-corrected chi connectivity index (χ2v) is 8.45. The Morgan fingerprint density at radius 3 is 1.81 bits per heavy atom. The lowest BCUT2D eigenvalue weighted by Crippen LogP contribution is -2.38. The summed E-state index contributed by atoms with van der Waals surface area (Å²) in [6.45, 7) is 2.11. The minimum atomic E-state index is -0.695. The van der Waals surface area contributed by atoms with Crippen molar-refractivity contribution in [2.24, 2.45) is 5.92 Å². The van der Waals surface area contributed by atoms with Crippen molar-refractivity contribution in [1.29, 1.82) is 0 Å². The van der Waals surface area contributed by atoms with Gasteiger partial charge in [-0.3, -0.25) is 9.69 Å². The van der Waals surface area contributed by atoms with Gasteiger partial charge in [-0.25, -0.2) is 0 Å². The number of hydrogen-bond acceptors (Lipinski definition) is 2. The van der Waals surface area contributed by atoms with E-state index >= 15 is 0 Å². The Labute approximate surface area is 190 Å². The molecule has 162 valence electrons. The van der Waals surface area contributed by atoms with Crippen LogP contribution in [0.4, 0.5) is 0 Å². The van der Waals surface area contributed by atoms with E-state index in [1.807, 2.05) is 18.2 Å². The molecule has 3 aromatic rings. The van der Waals surface area contributed by atoms with E-state index in [2.05, 4.69) is 89.5 Å². The highest BCUT2D eigenvalue weighted by Crippen LogP contribution is 2.41. The molecule has 0 spiro atoms. The zero-order valence-corrected chi connectivity index (χ0v) is 18.3. The number of benzene rings is 3. The molecule has 32 heavy (non-hydrogen) atoms. The summed E-state index contributed by atoms with van der Waals surface area (Å²) >= 11 is 0. The third-order valence-corrected chi connectivity index (χ3v) is 6.44. The summed E-state index contributed by atoms with van der Waals surface area (Å²) < 4.78 is 0. The van der Waals surface area contributed by atoms with Crippen molar-refractivity contribution in [2.45, 2.75) is 24.7 Å². The van der Waals surface area contributed by atoms with E-state index in [1.165, 1.54) is 16.7 Å². The van der Waals surface area contributed by atoms with E-state index in [4.69, 9.17) is 0 Å². The summed E-state index contributed by atoms with van der Waals surface area (Å²) in [6, 6.07) is 31.8. The van der Waals surface area contributed by atoms with Gasteiger partial charge in [-0.2, -0.15) is 0 Å². The van der Waals surface area contributed by atoms with Crippen molar-refractivity contribution < 1.29 is 9.90 Å². The van der Waals surface area contributed by atoms with Crippen molar-refractivity contribution >= 4 is 5.97 Å². The van der Waals surface area contributed by atoms with E-state index in [0.29, 0.717) is 19.5 Å². The van der Waals surface area contributed by atoms with Crippen LogP contribution in [0.3, 0.4) is 0 Å². The molecule has 1 fully saturated rings. The summed E-state index contributed by atoms with van der Waals surface area (Å²) in [5.41, 5.74) is 3.28. The first kappa shape index (κ1) is 21.9. The molecular formula is C29H29NO2. The van der Waals surface area contributed by atoms with E-state index in [-0.39, 0.29) is 11.3 Å². The molecular weight excluding hydrogens is 394 g/mol. The first-order valence-electron chi connectivity index (χ1n) is 11.3. The smallest absolute Gasteiger partial charge is 0.307 e. The average Bonchev–Trinajstić information content (AvgIpc) is 2.86. The first-order chi connectivity index (χ1) is 15.7. The van der Waals surface area contributed by atoms with Gasteiger partial charge in [0.05, 0.1) is 17.9 Å². The molecule has 0 saturated carbocycles. The summed E-state index contributed by atoms with van der Waals surface area (Å²) in [5.74, 6) is 5.87. The van der Waals surface area contributed by atoms with Crippen molar-refractivity contribution in [3.05, 3.63) is 108 Å². The lowest BCUT2D eigenvalue weighted by atomic mass is 9.67. The van der Waals surface area contributed by atoms with Crippen LogP contribution >= 0.6 is 0 Å². The van der Waals surface area contributed by atoms with E-state index < -0.39 is 5.97 Å². The molecule has 1 heterocycles. The molecule has 1 N–H and O–H groups in total. The third kappa shape index (κ3) is 4.77. The third-order valence-electron chi connectivity index (χ3n) is 6.44. The van der Waals surface area contributed by atoms with Gasteiger partial charge in [0.2, 0.25) is 0 Å². The van der Waals surface area contributed by atoms with Crippen LogP contribution < -0.4 is 0 Å². The van der Waals surface area contributed by atoms with Gasteiger partial charge in [-0.15, -0.1) is 5.92 Å². The Balaban J connectivity index is 1.67. The minimum Gasteiger partial charge on any atom is -0.481 e. The molecule has 3 heteroatoms. The van der Waals surface area contributed by atoms with Gasteiger partial charge in [0.25, 0.3) is 0 Å². The lowest BCUT2D eigenvalue weighted by molar-refractivity contribution is -0.143. The molecule has 0 aromatic heterocycles. The molecule has 4 rings (SSSR count). The topological polar surface area (TPSA) is 40.5 Å². The Morgan fingerprint density at radius 2 is 1.34 bits per heavy atom. The number of piperidine rings is 1. The van der Waals surface area contributed by atoms with Crippen LogP contribution in [0, 0.1) is 17.8 Å². The molecule has 1 atom stereocenters. The number of rotatable bonds is 6. The van der Waals surface area contributed by atoms with E-state index in [1.54, 1.807) is 0 Å². The zero-order valence-electron chi connectivity index (χ0n) is 18.3. The maximum atomic E-state index is 11.4. The number of nitrogens with zero attached hydrogens (tertiary/aromatic N) is 1. The van der Waals surface area contributed by atoms with Crippen molar-refractivity contribution in [3.8, 4) is 11.8 Å². The Bertz CT molecular complexity index is 971. The molecule has 0 radical (unpaired) electrons. The van der Waals surface area contributed by atoms with Crippen molar-refractivity contribution in [3.63, 3.8) is 0 Å². The van der Waals surface area contributed by atoms with Gasteiger partial charge < -0.3 is 5.11 Å². The molecule has 1 saturated heterocycles. The van der Waals surface area contributed by atoms with Crippen LogP contribution in [0.2, 0.25) is 0 Å². The SMILES string of the molecule is O=C(O)C1CCCN(CC#CCC(c2ccccc2)(c2ccccc2)c2ccccc2)C1. The highest BCUT2D eigenvalue weighted by atomic mass is 16.4. The number of carboxylic acids is 1. The monoisotopic (exact) mass is 423 g/mol. The summed E-state index contributed by atoms with van der Waals surface area (Å²) in [7, 11) is 0. The first-order valence-corrected chi connectivity index (χ1v) is 11.3. The number of carbonyl (C=O) groups is 1. The van der Waals surface area contributed by atoms with Crippen LogP contribution in [-0.2, 0) is 10.2 Å². The van der Waals surface area contributed by atoms with Gasteiger partial charge in [0, 0.05) is 13.0 Å². The highest BCUT2D eigenvalue weighted by molar-refractivity contribution is 5.70. The predicted octanol–water partition coefficient (Wildman–Crippen LogP) is 5.21. The molecule has 1 aliphatic rings. The fourth-order valence-electron chi connectivity index (χ4n) is 4.74. The molecule has 1 aliphatic heterocycles. The Morgan fingerprint density at radius 1 is 0.844 bits per heavy atom. The standard InChI is InChI=1S/C29H29NO2/c31-28(32)24-13-12-22-30(23-24)21-11-10-20-29(25-14-4-1-5-15-25,26-16-6-2-7-17-26)27-18-8-3-9-19-27/h1-9,14-19,24H,12-13,20-23H2,(H,31,32). The van der Waals surface area contributed by atoms with Gasteiger partial charge in [0.1, 0.15) is 0 Å². The second-order valence-electron chi connectivity index (χ2n) is 8.45. The van der Waals surface area contributed by atoms with Crippen LogP contribution in [0.5, 0.6) is 0 Å². The largest absolute Gasteiger partial charge is 0.481 e. The van der Waals surface area contributed by atoms with Crippen LogP contribution in [-0.4, -0.2) is 35.6 Å². The quantitative estimate of drug-likeness (QED) is 0.437. The second kappa shape index (κ2) is 10.3. The van der Waals surface area contributed by atoms with Crippen molar-refractivity contribution in [1.82, 2.24) is 4.90 Å². The predicted molar refractivity (Wildman–Crippen MR) is 128 cm³/mol. The molecule has 0 aliphatic carbocycles. The van der Waals surface area contributed by atoms with E-state index in [0.717, 1.165) is 19.4 Å². The average molecular weight is 424 g/mol. The lowest BCUT2D eigenvalue weighted by Gasteiger charge is -2.34.